The highest BCUT2D eigenvalue weighted by Gasteiger charge is 2.21. The van der Waals surface area contributed by atoms with Gasteiger partial charge < -0.3 is 14.5 Å². The van der Waals surface area contributed by atoms with Gasteiger partial charge in [0.2, 0.25) is 16.9 Å². The summed E-state index contributed by atoms with van der Waals surface area (Å²) in [6.07, 6.45) is 0. The first-order chi connectivity index (χ1) is 9.99. The summed E-state index contributed by atoms with van der Waals surface area (Å²) >= 11 is 3.03. The van der Waals surface area contributed by atoms with Gasteiger partial charge in [0.05, 0.1) is 12.4 Å². The van der Waals surface area contributed by atoms with E-state index in [0.29, 0.717) is 30.7 Å². The number of nitrogens with one attached hydrogen (secondary N) is 1. The van der Waals surface area contributed by atoms with Gasteiger partial charge in [0, 0.05) is 19.1 Å². The summed E-state index contributed by atoms with van der Waals surface area (Å²) in [5.41, 5.74) is -0.128. The van der Waals surface area contributed by atoms with Crippen molar-refractivity contribution >= 4 is 28.2 Å². The Hall–Kier alpha value is -1.19. The summed E-state index contributed by atoms with van der Waals surface area (Å²) in [4.78, 5) is 0. The average molecular weight is 329 g/mol. The molecule has 2 aromatic rings. The minimum atomic E-state index is -0.128. The number of anilines is 1. The van der Waals surface area contributed by atoms with E-state index in [1.807, 2.05) is 20.8 Å². The molecule has 0 aliphatic rings. The van der Waals surface area contributed by atoms with Crippen molar-refractivity contribution in [3.8, 4) is 0 Å². The number of aromatic nitrogens is 4. The molecule has 7 nitrogen and oxygen atoms in total. The molecule has 0 saturated heterocycles. The molecule has 9 heteroatoms. The van der Waals surface area contributed by atoms with Gasteiger partial charge in [-0.15, -0.1) is 20.4 Å². The molecule has 116 valence electrons. The third-order valence-corrected chi connectivity index (χ3v) is 4.42. The number of ether oxygens (including phenoxy) is 1. The highest BCUT2D eigenvalue weighted by atomic mass is 32.2. The molecular weight excluding hydrogens is 310 g/mol. The van der Waals surface area contributed by atoms with Crippen LogP contribution in [0.25, 0.3) is 0 Å². The van der Waals surface area contributed by atoms with Crippen molar-refractivity contribution in [3.05, 3.63) is 11.8 Å². The van der Waals surface area contributed by atoms with Crippen molar-refractivity contribution in [2.45, 2.75) is 36.3 Å². The SMILES string of the molecule is COCCNc1nnc(SCc2nnc(C(C)(C)C)o2)s1. The smallest absolute Gasteiger partial charge is 0.226 e. The fraction of sp³-hybridized carbons (Fsp3) is 0.667. The molecule has 0 amide bonds. The quantitative estimate of drug-likeness (QED) is 0.613. The second kappa shape index (κ2) is 7.19. The summed E-state index contributed by atoms with van der Waals surface area (Å²) in [6.45, 7) is 7.48. The van der Waals surface area contributed by atoms with Crippen LogP contribution in [0.2, 0.25) is 0 Å². The third kappa shape index (κ3) is 4.94. The zero-order valence-electron chi connectivity index (χ0n) is 12.5. The molecule has 0 saturated carbocycles. The lowest BCUT2D eigenvalue weighted by molar-refractivity contribution is 0.211. The van der Waals surface area contributed by atoms with Crippen LogP contribution in [0.3, 0.4) is 0 Å². The van der Waals surface area contributed by atoms with Crippen molar-refractivity contribution in [1.29, 1.82) is 0 Å². The topological polar surface area (TPSA) is 86.0 Å². The molecule has 0 fully saturated rings. The molecular formula is C12H19N5O2S2. The minimum Gasteiger partial charge on any atom is -0.424 e. The lowest BCUT2D eigenvalue weighted by Gasteiger charge is -2.10. The molecule has 0 aliphatic heterocycles. The number of nitrogens with zero attached hydrogens (tertiary/aromatic N) is 4. The van der Waals surface area contributed by atoms with E-state index in [1.54, 1.807) is 7.11 Å². The van der Waals surface area contributed by atoms with Crippen LogP contribution in [0, 0.1) is 0 Å². The zero-order chi connectivity index (χ0) is 15.3. The fourth-order valence-corrected chi connectivity index (χ4v) is 2.95. The summed E-state index contributed by atoms with van der Waals surface area (Å²) in [7, 11) is 1.67. The van der Waals surface area contributed by atoms with Crippen molar-refractivity contribution in [2.75, 3.05) is 25.6 Å². The van der Waals surface area contributed by atoms with E-state index >= 15 is 0 Å². The second-order valence-corrected chi connectivity index (χ2v) is 7.53. The summed E-state index contributed by atoms with van der Waals surface area (Å²) in [5.74, 6) is 1.85. The normalized spacial score (nSPS) is 11.8. The molecule has 0 bridgehead atoms. The van der Waals surface area contributed by atoms with Gasteiger partial charge in [0.25, 0.3) is 0 Å². The van der Waals surface area contributed by atoms with Crippen molar-refractivity contribution in [1.82, 2.24) is 20.4 Å². The first-order valence-electron chi connectivity index (χ1n) is 6.51. The van der Waals surface area contributed by atoms with Crippen LogP contribution >= 0.6 is 23.1 Å². The Bertz CT molecular complexity index is 564. The number of hydrogen-bond acceptors (Lipinski definition) is 9. The van der Waals surface area contributed by atoms with Crippen molar-refractivity contribution in [3.63, 3.8) is 0 Å². The van der Waals surface area contributed by atoms with Crippen LogP contribution in [0.15, 0.2) is 8.76 Å². The molecule has 0 unspecified atom stereocenters. The zero-order valence-corrected chi connectivity index (χ0v) is 14.2. The standard InChI is InChI=1S/C12H19N5O2S2/c1-12(2,3)9-15-14-8(19-9)7-20-11-17-16-10(21-11)13-5-6-18-4/h5-7H2,1-4H3,(H,13,16). The van der Waals surface area contributed by atoms with E-state index in [0.717, 1.165) is 9.47 Å². The van der Waals surface area contributed by atoms with Gasteiger partial charge in [-0.25, -0.2) is 0 Å². The van der Waals surface area contributed by atoms with Crippen LogP contribution in [0.5, 0.6) is 0 Å². The molecule has 0 spiro atoms. The van der Waals surface area contributed by atoms with Crippen LogP contribution < -0.4 is 5.32 Å². The van der Waals surface area contributed by atoms with Crippen LogP contribution in [-0.2, 0) is 15.9 Å². The average Bonchev–Trinajstić information content (AvgIpc) is 3.05. The van der Waals surface area contributed by atoms with E-state index in [2.05, 4.69) is 25.7 Å². The maximum Gasteiger partial charge on any atom is 0.226 e. The van der Waals surface area contributed by atoms with Gasteiger partial charge in [0.1, 0.15) is 0 Å². The minimum absolute atomic E-state index is 0.128. The largest absolute Gasteiger partial charge is 0.424 e. The molecule has 2 aromatic heterocycles. The predicted octanol–water partition coefficient (Wildman–Crippen LogP) is 2.57. The number of methoxy groups -OCH3 is 1. The second-order valence-electron chi connectivity index (χ2n) is 5.33. The lowest BCUT2D eigenvalue weighted by atomic mass is 9.97. The first kappa shape index (κ1) is 16.2. The Morgan fingerprint density at radius 2 is 2.05 bits per heavy atom. The van der Waals surface area contributed by atoms with Gasteiger partial charge in [-0.1, -0.05) is 43.9 Å². The van der Waals surface area contributed by atoms with Gasteiger partial charge in [-0.05, 0) is 0 Å². The third-order valence-electron chi connectivity index (χ3n) is 2.42. The molecule has 2 heterocycles. The van der Waals surface area contributed by atoms with Gasteiger partial charge in [0.15, 0.2) is 4.34 Å². The predicted molar refractivity (Wildman–Crippen MR) is 82.8 cm³/mol. The van der Waals surface area contributed by atoms with E-state index in [4.69, 9.17) is 9.15 Å². The fourth-order valence-electron chi connectivity index (χ4n) is 1.34. The summed E-state index contributed by atoms with van der Waals surface area (Å²) < 4.78 is 11.5. The lowest BCUT2D eigenvalue weighted by Crippen LogP contribution is -2.11. The van der Waals surface area contributed by atoms with Crippen LogP contribution in [0.1, 0.15) is 32.6 Å². The van der Waals surface area contributed by atoms with Gasteiger partial charge in [-0.2, -0.15) is 0 Å². The Kier molecular flexibility index (Phi) is 5.54. The van der Waals surface area contributed by atoms with Crippen molar-refractivity contribution < 1.29 is 9.15 Å². The Morgan fingerprint density at radius 3 is 2.71 bits per heavy atom. The molecule has 0 aliphatic carbocycles. The van der Waals surface area contributed by atoms with E-state index in [1.165, 1.54) is 23.1 Å². The Labute approximate surface area is 131 Å². The van der Waals surface area contributed by atoms with Crippen molar-refractivity contribution in [2.24, 2.45) is 0 Å². The summed E-state index contributed by atoms with van der Waals surface area (Å²) in [6, 6.07) is 0. The van der Waals surface area contributed by atoms with Crippen LogP contribution in [-0.4, -0.2) is 40.7 Å². The van der Waals surface area contributed by atoms with Gasteiger partial charge >= 0.3 is 0 Å². The Balaban J connectivity index is 1.84. The molecule has 21 heavy (non-hydrogen) atoms. The number of thioether (sulfide) groups is 1. The Morgan fingerprint density at radius 1 is 1.24 bits per heavy atom. The molecule has 0 aromatic carbocycles. The van der Waals surface area contributed by atoms with Crippen LogP contribution in [0.4, 0.5) is 5.13 Å². The molecule has 1 N–H and O–H groups in total. The number of hydrogen-bond donors (Lipinski definition) is 1. The van der Waals surface area contributed by atoms with E-state index < -0.39 is 0 Å². The molecule has 0 atom stereocenters. The molecule has 2 rings (SSSR count). The molecule has 0 radical (unpaired) electrons. The summed E-state index contributed by atoms with van der Waals surface area (Å²) in [5, 5.41) is 20.2. The first-order valence-corrected chi connectivity index (χ1v) is 8.31. The monoisotopic (exact) mass is 329 g/mol. The van der Waals surface area contributed by atoms with E-state index in [9.17, 15) is 0 Å². The van der Waals surface area contributed by atoms with Gasteiger partial charge in [-0.3, -0.25) is 0 Å². The highest BCUT2D eigenvalue weighted by molar-refractivity contribution is 8.00. The highest BCUT2D eigenvalue weighted by Crippen LogP contribution is 2.29. The number of rotatable bonds is 7. The maximum absolute atomic E-state index is 5.64. The van der Waals surface area contributed by atoms with E-state index in [-0.39, 0.29) is 5.41 Å². The maximum atomic E-state index is 5.64.